The van der Waals surface area contributed by atoms with Crippen LogP contribution in [0.4, 0.5) is 8.78 Å². The van der Waals surface area contributed by atoms with Crippen molar-refractivity contribution in [2.24, 2.45) is 0 Å². The molecular weight excluding hydrogens is 272 g/mol. The molecule has 0 bridgehead atoms. The third-order valence-corrected chi connectivity index (χ3v) is 3.92. The number of hydrogen-bond acceptors (Lipinski definition) is 3. The van der Waals surface area contributed by atoms with E-state index in [1.807, 2.05) is 0 Å². The summed E-state index contributed by atoms with van der Waals surface area (Å²) in [6.45, 7) is 3.66. The van der Waals surface area contributed by atoms with Crippen molar-refractivity contribution in [1.82, 2.24) is 5.32 Å². The van der Waals surface area contributed by atoms with Crippen molar-refractivity contribution in [1.29, 1.82) is 0 Å². The average Bonchev–Trinajstić information content (AvgIpc) is 2.28. The van der Waals surface area contributed by atoms with Crippen LogP contribution >= 0.6 is 0 Å². The molecule has 6 heteroatoms. The zero-order valence-electron chi connectivity index (χ0n) is 11.3. The van der Waals surface area contributed by atoms with Gasteiger partial charge in [-0.3, -0.25) is 0 Å². The van der Waals surface area contributed by atoms with Crippen molar-refractivity contribution in [3.05, 3.63) is 34.9 Å². The molecule has 3 nitrogen and oxygen atoms in total. The Kier molecular flexibility index (Phi) is 5.43. The lowest BCUT2D eigenvalue weighted by molar-refractivity contribution is 0.515. The summed E-state index contributed by atoms with van der Waals surface area (Å²) in [5.41, 5.74) is 0.521. The fourth-order valence-electron chi connectivity index (χ4n) is 1.76. The molecule has 0 aliphatic carbocycles. The summed E-state index contributed by atoms with van der Waals surface area (Å²) in [5.74, 6) is -0.819. The summed E-state index contributed by atoms with van der Waals surface area (Å²) < 4.78 is 49.0. The van der Waals surface area contributed by atoms with Crippen LogP contribution < -0.4 is 5.32 Å². The maximum Gasteiger partial charge on any atom is 0.147 e. The molecular formula is C13H19F2NO2S. The quantitative estimate of drug-likeness (QED) is 0.818. The molecule has 1 N–H and O–H groups in total. The highest BCUT2D eigenvalue weighted by Crippen LogP contribution is 2.20. The van der Waals surface area contributed by atoms with E-state index < -0.39 is 21.5 Å². The smallest absolute Gasteiger partial charge is 0.147 e. The van der Waals surface area contributed by atoms with Crippen LogP contribution in [0.1, 0.15) is 30.5 Å². The van der Waals surface area contributed by atoms with Gasteiger partial charge in [0.25, 0.3) is 0 Å². The molecule has 1 aromatic carbocycles. The maximum atomic E-state index is 13.7. The van der Waals surface area contributed by atoms with Crippen LogP contribution in [0.25, 0.3) is 0 Å². The van der Waals surface area contributed by atoms with Gasteiger partial charge in [-0.05, 0) is 44.5 Å². The highest BCUT2D eigenvalue weighted by molar-refractivity contribution is 7.90. The van der Waals surface area contributed by atoms with E-state index in [0.717, 1.165) is 0 Å². The second-order valence-electron chi connectivity index (χ2n) is 4.78. The minimum absolute atomic E-state index is 0.0808. The zero-order chi connectivity index (χ0) is 14.6. The number of halogens is 2. The molecule has 0 fully saturated rings. The fourth-order valence-corrected chi connectivity index (χ4v) is 2.43. The Morgan fingerprint density at radius 3 is 2.47 bits per heavy atom. The monoisotopic (exact) mass is 291 g/mol. The minimum atomic E-state index is -2.98. The van der Waals surface area contributed by atoms with Crippen LogP contribution in [0.2, 0.25) is 0 Å². The van der Waals surface area contributed by atoms with Gasteiger partial charge in [0.1, 0.15) is 21.5 Å². The first-order valence-electron chi connectivity index (χ1n) is 6.07. The molecule has 0 aliphatic heterocycles. The summed E-state index contributed by atoms with van der Waals surface area (Å²) >= 11 is 0. The normalized spacial score (nSPS) is 13.5. The van der Waals surface area contributed by atoms with Gasteiger partial charge in [-0.15, -0.1) is 0 Å². The van der Waals surface area contributed by atoms with Gasteiger partial charge in [-0.1, -0.05) is 0 Å². The molecule has 0 saturated heterocycles. The Hall–Kier alpha value is -1.01. The van der Waals surface area contributed by atoms with Crippen LogP contribution in [0.5, 0.6) is 0 Å². The fraction of sp³-hybridized carbons (Fsp3) is 0.538. The number of rotatable bonds is 6. The van der Waals surface area contributed by atoms with Crippen molar-refractivity contribution >= 4 is 9.84 Å². The minimum Gasteiger partial charge on any atom is -0.310 e. The first-order chi connectivity index (χ1) is 8.70. The third-order valence-electron chi connectivity index (χ3n) is 2.89. The highest BCUT2D eigenvalue weighted by Gasteiger charge is 2.13. The van der Waals surface area contributed by atoms with Gasteiger partial charge in [0, 0.05) is 17.9 Å². The van der Waals surface area contributed by atoms with Crippen molar-refractivity contribution in [2.75, 3.05) is 18.6 Å². The van der Waals surface area contributed by atoms with Crippen LogP contribution in [0.3, 0.4) is 0 Å². The van der Waals surface area contributed by atoms with E-state index in [0.29, 0.717) is 13.0 Å². The van der Waals surface area contributed by atoms with E-state index >= 15 is 0 Å². The molecule has 1 rings (SSSR count). The summed E-state index contributed by atoms with van der Waals surface area (Å²) in [6.07, 6.45) is 1.62. The van der Waals surface area contributed by atoms with Gasteiger partial charge >= 0.3 is 0 Å². The molecule has 1 atom stereocenters. The SMILES string of the molecule is Cc1cc(F)c(C(C)NCCCS(C)(=O)=O)cc1F. The van der Waals surface area contributed by atoms with Gasteiger partial charge in [0.15, 0.2) is 0 Å². The number of hydrogen-bond donors (Lipinski definition) is 1. The predicted octanol–water partition coefficient (Wildman–Crippen LogP) is 2.36. The average molecular weight is 291 g/mol. The Balaban J connectivity index is 2.59. The molecule has 108 valence electrons. The molecule has 19 heavy (non-hydrogen) atoms. The van der Waals surface area contributed by atoms with Gasteiger partial charge in [-0.25, -0.2) is 17.2 Å². The van der Waals surface area contributed by atoms with Crippen LogP contribution in [-0.4, -0.2) is 27.0 Å². The second kappa shape index (κ2) is 6.43. The van der Waals surface area contributed by atoms with E-state index in [-0.39, 0.29) is 22.9 Å². The number of sulfone groups is 1. The molecule has 1 aromatic rings. The van der Waals surface area contributed by atoms with Gasteiger partial charge in [0.05, 0.1) is 5.75 Å². The topological polar surface area (TPSA) is 46.2 Å². The largest absolute Gasteiger partial charge is 0.310 e. The number of aryl methyl sites for hydroxylation is 1. The molecule has 1 unspecified atom stereocenters. The lowest BCUT2D eigenvalue weighted by Gasteiger charge is -2.15. The Bertz CT molecular complexity index is 544. The molecule has 0 amide bonds. The highest BCUT2D eigenvalue weighted by atomic mass is 32.2. The van der Waals surface area contributed by atoms with Gasteiger partial charge < -0.3 is 5.32 Å². The third kappa shape index (κ3) is 5.24. The Morgan fingerprint density at radius 2 is 1.89 bits per heavy atom. The van der Waals surface area contributed by atoms with E-state index in [9.17, 15) is 17.2 Å². The summed E-state index contributed by atoms with van der Waals surface area (Å²) in [5, 5.41) is 2.99. The van der Waals surface area contributed by atoms with Gasteiger partial charge in [-0.2, -0.15) is 0 Å². The summed E-state index contributed by atoms with van der Waals surface area (Å²) in [6, 6.07) is 1.98. The standard InChI is InChI=1S/C13H19F2NO2S/c1-9-7-13(15)11(8-12(9)14)10(2)16-5-4-6-19(3,17)18/h7-8,10,16H,4-6H2,1-3H3. The van der Waals surface area contributed by atoms with Crippen molar-refractivity contribution < 1.29 is 17.2 Å². The summed E-state index contributed by atoms with van der Waals surface area (Å²) in [4.78, 5) is 0. The zero-order valence-corrected chi connectivity index (χ0v) is 12.2. The van der Waals surface area contributed by atoms with Crippen molar-refractivity contribution in [3.63, 3.8) is 0 Å². The Labute approximate surface area is 112 Å². The van der Waals surface area contributed by atoms with Crippen LogP contribution in [0.15, 0.2) is 12.1 Å². The molecule has 0 aromatic heterocycles. The first-order valence-corrected chi connectivity index (χ1v) is 8.13. The molecule has 0 radical (unpaired) electrons. The second-order valence-corrected chi connectivity index (χ2v) is 7.04. The lowest BCUT2D eigenvalue weighted by atomic mass is 10.0. The molecule has 0 aliphatic rings. The van der Waals surface area contributed by atoms with E-state index in [2.05, 4.69) is 5.32 Å². The van der Waals surface area contributed by atoms with E-state index in [1.165, 1.54) is 25.3 Å². The predicted molar refractivity (Wildman–Crippen MR) is 71.8 cm³/mol. The molecule has 0 saturated carbocycles. The molecule has 0 heterocycles. The van der Waals surface area contributed by atoms with Crippen molar-refractivity contribution in [3.8, 4) is 0 Å². The lowest BCUT2D eigenvalue weighted by Crippen LogP contribution is -2.23. The Morgan fingerprint density at radius 1 is 1.26 bits per heavy atom. The van der Waals surface area contributed by atoms with Crippen LogP contribution in [-0.2, 0) is 9.84 Å². The number of benzene rings is 1. The van der Waals surface area contributed by atoms with Crippen LogP contribution in [0, 0.1) is 18.6 Å². The first kappa shape index (κ1) is 16.0. The van der Waals surface area contributed by atoms with E-state index in [4.69, 9.17) is 0 Å². The van der Waals surface area contributed by atoms with E-state index in [1.54, 1.807) is 6.92 Å². The molecule has 0 spiro atoms. The maximum absolute atomic E-state index is 13.7. The van der Waals surface area contributed by atoms with Gasteiger partial charge in [0.2, 0.25) is 0 Å². The number of nitrogens with one attached hydrogen (secondary N) is 1. The summed E-state index contributed by atoms with van der Waals surface area (Å²) in [7, 11) is -2.98. The van der Waals surface area contributed by atoms with Crippen molar-refractivity contribution in [2.45, 2.75) is 26.3 Å².